The number of amides is 2. The first-order valence-electron chi connectivity index (χ1n) is 8.73. The van der Waals surface area contributed by atoms with Crippen LogP contribution in [-0.4, -0.2) is 80.6 Å². The summed E-state index contributed by atoms with van der Waals surface area (Å²) in [6.45, 7) is 6.65. The molecule has 2 amide bonds. The fourth-order valence-electron chi connectivity index (χ4n) is 3.09. The summed E-state index contributed by atoms with van der Waals surface area (Å²) in [5.41, 5.74) is 1.53. The van der Waals surface area contributed by atoms with Crippen molar-refractivity contribution in [1.82, 2.24) is 20.0 Å². The Labute approximate surface area is 135 Å². The number of hydrogen-bond donors (Lipinski definition) is 1. The molecular formula is C17H32N4O. The Morgan fingerprint density at radius 1 is 1.23 bits per heavy atom. The molecule has 1 heterocycles. The molecule has 2 aliphatic rings. The monoisotopic (exact) mass is 308 g/mol. The molecule has 0 aromatic rings. The molecule has 1 fully saturated rings. The number of piperazine rings is 1. The minimum Gasteiger partial charge on any atom is -0.338 e. The highest BCUT2D eigenvalue weighted by molar-refractivity contribution is 5.74. The summed E-state index contributed by atoms with van der Waals surface area (Å²) in [7, 11) is 4.21. The second-order valence-corrected chi connectivity index (χ2v) is 6.72. The lowest BCUT2D eigenvalue weighted by Gasteiger charge is -2.35. The van der Waals surface area contributed by atoms with E-state index in [1.165, 1.54) is 31.3 Å². The van der Waals surface area contributed by atoms with Crippen molar-refractivity contribution in [2.24, 2.45) is 0 Å². The van der Waals surface area contributed by atoms with E-state index < -0.39 is 0 Å². The zero-order valence-electron chi connectivity index (χ0n) is 14.3. The van der Waals surface area contributed by atoms with Crippen molar-refractivity contribution in [3.8, 4) is 0 Å². The van der Waals surface area contributed by atoms with Gasteiger partial charge in [0.2, 0.25) is 0 Å². The van der Waals surface area contributed by atoms with E-state index in [9.17, 15) is 4.79 Å². The molecule has 0 aromatic heterocycles. The fourth-order valence-corrected chi connectivity index (χ4v) is 3.09. The molecule has 5 heteroatoms. The van der Waals surface area contributed by atoms with E-state index in [-0.39, 0.29) is 6.03 Å². The van der Waals surface area contributed by atoms with Crippen LogP contribution in [0.1, 0.15) is 32.1 Å². The molecule has 1 aliphatic heterocycles. The Balaban J connectivity index is 1.59. The van der Waals surface area contributed by atoms with E-state index in [1.807, 2.05) is 4.90 Å². The second kappa shape index (κ2) is 9.16. The maximum atomic E-state index is 12.2. The minimum absolute atomic E-state index is 0.115. The van der Waals surface area contributed by atoms with Crippen molar-refractivity contribution in [3.63, 3.8) is 0 Å². The van der Waals surface area contributed by atoms with Crippen LogP contribution >= 0.6 is 0 Å². The standard InChI is InChI=1S/C17H32N4O/c1-19(2)10-11-20-12-14-21(15-13-20)17(22)18-9-8-16-6-4-3-5-7-16/h6H,3-5,7-15H2,1-2H3,(H,18,22). The number of carbonyl (C=O) groups is 1. The third kappa shape index (κ3) is 5.97. The molecule has 1 N–H and O–H groups in total. The quantitative estimate of drug-likeness (QED) is 0.760. The second-order valence-electron chi connectivity index (χ2n) is 6.72. The van der Waals surface area contributed by atoms with E-state index in [0.717, 1.165) is 52.2 Å². The van der Waals surface area contributed by atoms with Gasteiger partial charge in [-0.05, 0) is 46.2 Å². The molecule has 0 spiro atoms. The van der Waals surface area contributed by atoms with Crippen LogP contribution in [0.3, 0.4) is 0 Å². The number of carbonyl (C=O) groups excluding carboxylic acids is 1. The molecule has 22 heavy (non-hydrogen) atoms. The summed E-state index contributed by atoms with van der Waals surface area (Å²) < 4.78 is 0. The van der Waals surface area contributed by atoms with Crippen LogP contribution in [0.15, 0.2) is 11.6 Å². The Hall–Kier alpha value is -1.07. The van der Waals surface area contributed by atoms with Gasteiger partial charge in [-0.2, -0.15) is 0 Å². The van der Waals surface area contributed by atoms with Crippen molar-refractivity contribution >= 4 is 6.03 Å². The Bertz CT molecular complexity index is 373. The Morgan fingerprint density at radius 3 is 2.64 bits per heavy atom. The smallest absolute Gasteiger partial charge is 0.317 e. The van der Waals surface area contributed by atoms with Gasteiger partial charge < -0.3 is 15.1 Å². The van der Waals surface area contributed by atoms with E-state index in [0.29, 0.717) is 0 Å². The summed E-state index contributed by atoms with van der Waals surface area (Å²) in [5, 5.41) is 3.08. The minimum atomic E-state index is 0.115. The van der Waals surface area contributed by atoms with Crippen LogP contribution in [0, 0.1) is 0 Å². The van der Waals surface area contributed by atoms with Crippen LogP contribution in [0.4, 0.5) is 4.79 Å². The number of urea groups is 1. The average molecular weight is 308 g/mol. The molecule has 5 nitrogen and oxygen atoms in total. The van der Waals surface area contributed by atoms with E-state index in [2.05, 4.69) is 35.3 Å². The Morgan fingerprint density at radius 2 is 2.00 bits per heavy atom. The first-order chi connectivity index (χ1) is 10.6. The van der Waals surface area contributed by atoms with Gasteiger partial charge >= 0.3 is 6.03 Å². The van der Waals surface area contributed by atoms with E-state index in [4.69, 9.17) is 0 Å². The van der Waals surface area contributed by atoms with Gasteiger partial charge in [-0.3, -0.25) is 4.90 Å². The molecule has 1 aliphatic carbocycles. The van der Waals surface area contributed by atoms with E-state index >= 15 is 0 Å². The van der Waals surface area contributed by atoms with Gasteiger partial charge in [-0.15, -0.1) is 0 Å². The molecule has 126 valence electrons. The Kier molecular flexibility index (Phi) is 7.19. The van der Waals surface area contributed by atoms with Crippen LogP contribution in [0.25, 0.3) is 0 Å². The van der Waals surface area contributed by atoms with Crippen molar-refractivity contribution in [2.45, 2.75) is 32.1 Å². The molecule has 0 aromatic carbocycles. The van der Waals surface area contributed by atoms with Crippen LogP contribution in [0.5, 0.6) is 0 Å². The maximum Gasteiger partial charge on any atom is 0.317 e. The highest BCUT2D eigenvalue weighted by atomic mass is 16.2. The topological polar surface area (TPSA) is 38.8 Å². The number of likely N-dealkylation sites (N-methyl/N-ethyl adjacent to an activating group) is 1. The SMILES string of the molecule is CN(C)CCN1CCN(C(=O)NCCC2=CCCCC2)CC1. The van der Waals surface area contributed by atoms with Gasteiger partial charge in [0.05, 0.1) is 0 Å². The molecule has 0 unspecified atom stereocenters. The van der Waals surface area contributed by atoms with Crippen molar-refractivity contribution in [2.75, 3.05) is 59.9 Å². The zero-order chi connectivity index (χ0) is 15.8. The predicted molar refractivity (Wildman–Crippen MR) is 91.1 cm³/mol. The van der Waals surface area contributed by atoms with Gasteiger partial charge in [0.1, 0.15) is 0 Å². The molecule has 0 bridgehead atoms. The molecule has 0 radical (unpaired) electrons. The summed E-state index contributed by atoms with van der Waals surface area (Å²) in [6, 6.07) is 0.115. The zero-order valence-corrected chi connectivity index (χ0v) is 14.3. The molecule has 0 atom stereocenters. The number of hydrogen-bond acceptors (Lipinski definition) is 3. The number of allylic oxidation sites excluding steroid dienone is 1. The van der Waals surface area contributed by atoms with Crippen LogP contribution < -0.4 is 5.32 Å². The van der Waals surface area contributed by atoms with Crippen LogP contribution in [0.2, 0.25) is 0 Å². The highest BCUT2D eigenvalue weighted by Gasteiger charge is 2.20. The lowest BCUT2D eigenvalue weighted by Crippen LogP contribution is -2.52. The van der Waals surface area contributed by atoms with Crippen molar-refractivity contribution < 1.29 is 4.79 Å². The summed E-state index contributed by atoms with van der Waals surface area (Å²) in [5.74, 6) is 0. The van der Waals surface area contributed by atoms with Gasteiger partial charge in [0.15, 0.2) is 0 Å². The molecule has 1 saturated heterocycles. The van der Waals surface area contributed by atoms with Gasteiger partial charge in [-0.1, -0.05) is 11.6 Å². The average Bonchev–Trinajstić information content (AvgIpc) is 2.54. The number of nitrogens with one attached hydrogen (secondary N) is 1. The van der Waals surface area contributed by atoms with Gasteiger partial charge in [0.25, 0.3) is 0 Å². The molecular weight excluding hydrogens is 276 g/mol. The summed E-state index contributed by atoms with van der Waals surface area (Å²) in [6.07, 6.45) is 8.47. The summed E-state index contributed by atoms with van der Waals surface area (Å²) >= 11 is 0. The number of nitrogens with zero attached hydrogens (tertiary/aromatic N) is 3. The van der Waals surface area contributed by atoms with Gasteiger partial charge in [-0.25, -0.2) is 4.79 Å². The normalized spacial score (nSPS) is 20.1. The van der Waals surface area contributed by atoms with Crippen molar-refractivity contribution in [1.29, 1.82) is 0 Å². The first kappa shape index (κ1) is 17.3. The van der Waals surface area contributed by atoms with Crippen molar-refractivity contribution in [3.05, 3.63) is 11.6 Å². The third-order valence-electron chi connectivity index (χ3n) is 4.63. The summed E-state index contributed by atoms with van der Waals surface area (Å²) in [4.78, 5) is 18.8. The fraction of sp³-hybridized carbons (Fsp3) is 0.824. The number of rotatable bonds is 6. The maximum absolute atomic E-state index is 12.2. The van der Waals surface area contributed by atoms with Gasteiger partial charge in [0, 0.05) is 45.8 Å². The van der Waals surface area contributed by atoms with E-state index in [1.54, 1.807) is 0 Å². The highest BCUT2D eigenvalue weighted by Crippen LogP contribution is 2.19. The largest absolute Gasteiger partial charge is 0.338 e. The van der Waals surface area contributed by atoms with Crippen LogP contribution in [-0.2, 0) is 0 Å². The molecule has 0 saturated carbocycles. The third-order valence-corrected chi connectivity index (χ3v) is 4.63. The lowest BCUT2D eigenvalue weighted by molar-refractivity contribution is 0.133. The lowest BCUT2D eigenvalue weighted by atomic mass is 9.97. The molecule has 2 rings (SSSR count). The first-order valence-corrected chi connectivity index (χ1v) is 8.73. The predicted octanol–water partition coefficient (Wildman–Crippen LogP) is 1.77.